The molecule has 2 rings (SSSR count). The molecule has 1 amide bonds. The summed E-state index contributed by atoms with van der Waals surface area (Å²) >= 11 is 1.51. The summed E-state index contributed by atoms with van der Waals surface area (Å²) in [7, 11) is 0. The second-order valence-corrected chi connectivity index (χ2v) is 5.84. The fourth-order valence-corrected chi connectivity index (χ4v) is 3.20. The molecule has 0 spiro atoms. The van der Waals surface area contributed by atoms with Crippen molar-refractivity contribution >= 4 is 17.2 Å². The monoisotopic (exact) mass is 283 g/mol. The third kappa shape index (κ3) is 3.75. The highest BCUT2D eigenvalue weighted by atomic mass is 32.1. The number of rotatable bonds is 5. The van der Waals surface area contributed by atoms with Crippen LogP contribution in [0.15, 0.2) is 6.20 Å². The fourth-order valence-electron chi connectivity index (χ4n) is 2.21. The molecular weight excluding hydrogens is 262 g/mol. The highest BCUT2D eigenvalue weighted by molar-refractivity contribution is 7.13. The van der Waals surface area contributed by atoms with Crippen molar-refractivity contribution in [1.29, 1.82) is 0 Å². The molecular formula is C13H21N3O2S. The van der Waals surface area contributed by atoms with Crippen LogP contribution in [0.2, 0.25) is 0 Å². The zero-order chi connectivity index (χ0) is 13.7. The van der Waals surface area contributed by atoms with Crippen LogP contribution in [0.5, 0.6) is 0 Å². The van der Waals surface area contributed by atoms with E-state index in [0.717, 1.165) is 48.9 Å². The van der Waals surface area contributed by atoms with Gasteiger partial charge < -0.3 is 10.0 Å². The number of nitrogens with zero attached hydrogens (tertiary/aromatic N) is 3. The van der Waals surface area contributed by atoms with Crippen LogP contribution in [0, 0.1) is 0 Å². The first-order valence-corrected chi connectivity index (χ1v) is 7.63. The van der Waals surface area contributed by atoms with E-state index in [9.17, 15) is 4.79 Å². The minimum atomic E-state index is 0.100. The molecule has 1 aromatic heterocycles. The number of β-amino-alcohol motifs (C(OH)–C–C–N with tert-alkyl or cyclic N) is 1. The zero-order valence-electron chi connectivity index (χ0n) is 11.3. The lowest BCUT2D eigenvalue weighted by Crippen LogP contribution is -2.49. The lowest BCUT2D eigenvalue weighted by molar-refractivity contribution is 0.0619. The number of carbonyl (C=O) groups is 1. The van der Waals surface area contributed by atoms with Gasteiger partial charge >= 0.3 is 0 Å². The molecule has 1 saturated heterocycles. The van der Waals surface area contributed by atoms with Gasteiger partial charge in [-0.3, -0.25) is 9.69 Å². The van der Waals surface area contributed by atoms with Crippen molar-refractivity contribution < 1.29 is 9.90 Å². The average molecular weight is 283 g/mol. The standard InChI is InChI=1S/C13H21N3O2S/c1-2-3-12-14-10-11(19-12)13(18)16-6-4-15(5-7-16)8-9-17/h10,17H,2-9H2,1H3. The van der Waals surface area contributed by atoms with Gasteiger partial charge in [-0.1, -0.05) is 6.92 Å². The first-order chi connectivity index (χ1) is 9.24. The molecule has 1 aliphatic heterocycles. The van der Waals surface area contributed by atoms with Gasteiger partial charge in [-0.2, -0.15) is 0 Å². The molecule has 0 bridgehead atoms. The number of hydrogen-bond acceptors (Lipinski definition) is 5. The molecule has 5 nitrogen and oxygen atoms in total. The molecule has 1 N–H and O–H groups in total. The highest BCUT2D eigenvalue weighted by Crippen LogP contribution is 2.17. The number of aliphatic hydroxyl groups is 1. The Bertz CT molecular complexity index is 414. The van der Waals surface area contributed by atoms with Gasteiger partial charge in [0.05, 0.1) is 17.8 Å². The summed E-state index contributed by atoms with van der Waals surface area (Å²) in [6, 6.07) is 0. The molecule has 0 atom stereocenters. The number of thiazole rings is 1. The summed E-state index contributed by atoms with van der Waals surface area (Å²) in [6.45, 7) is 6.15. The van der Waals surface area contributed by atoms with Crippen molar-refractivity contribution in [3.05, 3.63) is 16.1 Å². The molecule has 0 unspecified atom stereocenters. The van der Waals surface area contributed by atoms with Crippen molar-refractivity contribution in [3.8, 4) is 0 Å². The van der Waals surface area contributed by atoms with Gasteiger partial charge in [-0.05, 0) is 12.8 Å². The summed E-state index contributed by atoms with van der Waals surface area (Å²) in [4.78, 5) is 21.4. The smallest absolute Gasteiger partial charge is 0.265 e. The van der Waals surface area contributed by atoms with E-state index in [0.29, 0.717) is 6.54 Å². The molecule has 0 aliphatic carbocycles. The van der Waals surface area contributed by atoms with Crippen molar-refractivity contribution in [1.82, 2.24) is 14.8 Å². The summed E-state index contributed by atoms with van der Waals surface area (Å²) in [5, 5.41) is 9.94. The van der Waals surface area contributed by atoms with E-state index >= 15 is 0 Å². The molecule has 6 heteroatoms. The van der Waals surface area contributed by atoms with Crippen LogP contribution in [0.4, 0.5) is 0 Å². The molecule has 19 heavy (non-hydrogen) atoms. The van der Waals surface area contributed by atoms with Gasteiger partial charge in [0.25, 0.3) is 5.91 Å². The molecule has 1 aromatic rings. The second-order valence-electron chi connectivity index (χ2n) is 4.73. The van der Waals surface area contributed by atoms with Crippen molar-refractivity contribution in [3.63, 3.8) is 0 Å². The third-order valence-corrected chi connectivity index (χ3v) is 4.35. The van der Waals surface area contributed by atoms with Crippen LogP contribution in [0.3, 0.4) is 0 Å². The topological polar surface area (TPSA) is 56.7 Å². The van der Waals surface area contributed by atoms with Crippen LogP contribution < -0.4 is 0 Å². The summed E-state index contributed by atoms with van der Waals surface area (Å²) in [6.07, 6.45) is 3.71. The van der Waals surface area contributed by atoms with Crippen molar-refractivity contribution in [2.45, 2.75) is 19.8 Å². The van der Waals surface area contributed by atoms with Gasteiger partial charge in [-0.25, -0.2) is 4.98 Å². The maximum Gasteiger partial charge on any atom is 0.265 e. The van der Waals surface area contributed by atoms with E-state index in [-0.39, 0.29) is 12.5 Å². The molecule has 1 fully saturated rings. The normalized spacial score (nSPS) is 16.8. The quantitative estimate of drug-likeness (QED) is 0.870. The predicted molar refractivity (Wildman–Crippen MR) is 75.5 cm³/mol. The van der Waals surface area contributed by atoms with Crippen LogP contribution in [-0.2, 0) is 6.42 Å². The van der Waals surface area contributed by atoms with E-state index in [4.69, 9.17) is 5.11 Å². The SMILES string of the molecule is CCCc1ncc(C(=O)N2CCN(CCO)CC2)s1. The average Bonchev–Trinajstić information content (AvgIpc) is 2.88. The lowest BCUT2D eigenvalue weighted by Gasteiger charge is -2.34. The van der Waals surface area contributed by atoms with E-state index in [2.05, 4.69) is 16.8 Å². The molecule has 0 saturated carbocycles. The van der Waals surface area contributed by atoms with Crippen molar-refractivity contribution in [2.24, 2.45) is 0 Å². The summed E-state index contributed by atoms with van der Waals surface area (Å²) < 4.78 is 0. The van der Waals surface area contributed by atoms with Crippen LogP contribution in [0.1, 0.15) is 28.0 Å². The molecule has 0 aromatic carbocycles. The van der Waals surface area contributed by atoms with Crippen LogP contribution in [0.25, 0.3) is 0 Å². The zero-order valence-corrected chi connectivity index (χ0v) is 12.2. The minimum Gasteiger partial charge on any atom is -0.395 e. The van der Waals surface area contributed by atoms with E-state index < -0.39 is 0 Å². The van der Waals surface area contributed by atoms with E-state index in [1.54, 1.807) is 6.20 Å². The Morgan fingerprint density at radius 3 is 2.79 bits per heavy atom. The lowest BCUT2D eigenvalue weighted by atomic mass is 10.3. The molecule has 106 valence electrons. The third-order valence-electron chi connectivity index (χ3n) is 3.30. The largest absolute Gasteiger partial charge is 0.395 e. The number of carbonyl (C=O) groups excluding carboxylic acids is 1. The second kappa shape index (κ2) is 6.98. The number of aryl methyl sites for hydroxylation is 1. The Morgan fingerprint density at radius 1 is 1.42 bits per heavy atom. The molecule has 1 aliphatic rings. The van der Waals surface area contributed by atoms with Gasteiger partial charge in [0.2, 0.25) is 0 Å². The van der Waals surface area contributed by atoms with Crippen molar-refractivity contribution in [2.75, 3.05) is 39.3 Å². The number of hydrogen-bond donors (Lipinski definition) is 1. The highest BCUT2D eigenvalue weighted by Gasteiger charge is 2.23. The van der Waals surface area contributed by atoms with Gasteiger partial charge in [0.15, 0.2) is 0 Å². The van der Waals surface area contributed by atoms with Gasteiger partial charge in [0, 0.05) is 32.7 Å². The fraction of sp³-hybridized carbons (Fsp3) is 0.692. The van der Waals surface area contributed by atoms with Gasteiger partial charge in [-0.15, -0.1) is 11.3 Å². The first-order valence-electron chi connectivity index (χ1n) is 6.81. The number of aromatic nitrogens is 1. The Kier molecular flexibility index (Phi) is 5.30. The first kappa shape index (κ1) is 14.4. The van der Waals surface area contributed by atoms with E-state index in [1.165, 1.54) is 11.3 Å². The van der Waals surface area contributed by atoms with Crippen LogP contribution >= 0.6 is 11.3 Å². The Hall–Kier alpha value is -0.980. The van der Waals surface area contributed by atoms with Crippen LogP contribution in [-0.4, -0.2) is 65.1 Å². The Balaban J connectivity index is 1.89. The summed E-state index contributed by atoms with van der Waals surface area (Å²) in [5.74, 6) is 0.100. The number of piperazine rings is 1. The Morgan fingerprint density at radius 2 is 2.16 bits per heavy atom. The predicted octanol–water partition coefficient (Wildman–Crippen LogP) is 0.846. The summed E-state index contributed by atoms with van der Waals surface area (Å²) in [5.41, 5.74) is 0. The molecule has 0 radical (unpaired) electrons. The maximum absolute atomic E-state index is 12.3. The Labute approximate surface area is 117 Å². The maximum atomic E-state index is 12.3. The minimum absolute atomic E-state index is 0.100. The number of aliphatic hydroxyl groups excluding tert-OH is 1. The molecule has 2 heterocycles. The van der Waals surface area contributed by atoms with E-state index in [1.807, 2.05) is 4.90 Å². The number of amides is 1. The van der Waals surface area contributed by atoms with Gasteiger partial charge in [0.1, 0.15) is 4.88 Å².